The summed E-state index contributed by atoms with van der Waals surface area (Å²) in [6.45, 7) is 0. The molecule has 6 heteroatoms. The molecule has 0 amide bonds. The molecular weight excluding hydrogens is 404 g/mol. The van der Waals surface area contributed by atoms with Gasteiger partial charge in [0.1, 0.15) is 5.75 Å². The fourth-order valence-electron chi connectivity index (χ4n) is 2.12. The summed E-state index contributed by atoms with van der Waals surface area (Å²) in [6.07, 6.45) is 0. The molecule has 0 unspecified atom stereocenters. The number of rotatable bonds is 2. The topological polar surface area (TPSA) is 29.9 Å². The van der Waals surface area contributed by atoms with Crippen molar-refractivity contribution in [2.24, 2.45) is 0 Å². The lowest BCUT2D eigenvalue weighted by Gasteiger charge is -2.08. The Hall–Kier alpha value is -1.11. The van der Waals surface area contributed by atoms with Crippen molar-refractivity contribution in [1.29, 1.82) is 0 Å². The first-order chi connectivity index (χ1) is 9.60. The minimum atomic E-state index is 0.655. The highest BCUT2D eigenvalue weighted by Gasteiger charge is 2.09. The molecule has 20 heavy (non-hydrogen) atoms. The van der Waals surface area contributed by atoms with Crippen LogP contribution in [0.4, 0.5) is 0 Å². The molecule has 0 aliphatic rings. The van der Waals surface area contributed by atoms with Gasteiger partial charge in [-0.1, -0.05) is 15.9 Å². The lowest BCUT2D eigenvalue weighted by atomic mass is 10.2. The molecule has 0 atom stereocenters. The lowest BCUT2D eigenvalue weighted by Crippen LogP contribution is -1.95. The van der Waals surface area contributed by atoms with E-state index in [-0.39, 0.29) is 0 Å². The first-order valence-corrected chi connectivity index (χ1v) is 7.84. The largest absolute Gasteiger partial charge is 0.495 e. The second kappa shape index (κ2) is 5.35. The molecule has 3 rings (SSSR count). The number of imidazole rings is 1. The van der Waals surface area contributed by atoms with Gasteiger partial charge in [-0.2, -0.15) is 0 Å². The molecule has 0 spiro atoms. The number of nitrogens with one attached hydrogen (secondary N) is 1. The minimum Gasteiger partial charge on any atom is -0.495 e. The van der Waals surface area contributed by atoms with Crippen LogP contribution < -0.4 is 4.74 Å². The molecule has 0 bridgehead atoms. The van der Waals surface area contributed by atoms with E-state index >= 15 is 0 Å². The average molecular weight is 414 g/mol. The molecule has 102 valence electrons. The Morgan fingerprint density at radius 2 is 1.95 bits per heavy atom. The second-order valence-corrected chi connectivity index (χ2v) is 6.40. The molecule has 0 radical (unpaired) electrons. The zero-order valence-corrected chi connectivity index (χ0v) is 14.5. The van der Waals surface area contributed by atoms with Crippen LogP contribution in [0.3, 0.4) is 0 Å². The molecule has 1 N–H and O–H groups in total. The van der Waals surface area contributed by atoms with Crippen LogP contribution in [-0.2, 0) is 0 Å². The van der Waals surface area contributed by atoms with E-state index in [1.807, 2.05) is 41.0 Å². The van der Waals surface area contributed by atoms with Gasteiger partial charge < -0.3 is 9.72 Å². The zero-order chi connectivity index (χ0) is 14.3. The van der Waals surface area contributed by atoms with Crippen LogP contribution in [-0.4, -0.2) is 16.7 Å². The third kappa shape index (κ3) is 2.32. The van der Waals surface area contributed by atoms with E-state index in [9.17, 15) is 0 Å². The summed E-state index contributed by atoms with van der Waals surface area (Å²) in [7, 11) is 1.65. The fraction of sp³-hybridized carbons (Fsp3) is 0.0714. The van der Waals surface area contributed by atoms with Crippen molar-refractivity contribution in [2.45, 2.75) is 0 Å². The van der Waals surface area contributed by atoms with Crippen molar-refractivity contribution in [3.63, 3.8) is 0 Å². The Bertz CT molecular complexity index is 854. The van der Waals surface area contributed by atoms with Crippen molar-refractivity contribution in [3.8, 4) is 11.4 Å². The number of H-pyrrole nitrogens is 1. The number of aromatic amines is 1. The van der Waals surface area contributed by atoms with E-state index in [2.05, 4.69) is 36.8 Å². The molecule has 1 aromatic heterocycles. The molecule has 0 saturated heterocycles. The van der Waals surface area contributed by atoms with Gasteiger partial charge in [0.05, 0.1) is 28.3 Å². The number of aromatic nitrogens is 2. The van der Waals surface area contributed by atoms with E-state index in [1.165, 1.54) is 0 Å². The van der Waals surface area contributed by atoms with Crippen molar-refractivity contribution in [3.05, 3.63) is 50.1 Å². The number of hydrogen-bond donors (Lipinski definition) is 1. The maximum Gasteiger partial charge on any atom is 0.182 e. The molecular formula is C14H10Br2N2OS. The van der Waals surface area contributed by atoms with Crippen molar-refractivity contribution in [1.82, 2.24) is 9.55 Å². The van der Waals surface area contributed by atoms with Crippen LogP contribution in [0.15, 0.2) is 45.3 Å². The van der Waals surface area contributed by atoms with Gasteiger partial charge in [0.15, 0.2) is 4.77 Å². The molecule has 3 aromatic rings. The van der Waals surface area contributed by atoms with Crippen LogP contribution >= 0.6 is 44.1 Å². The number of halogens is 2. The second-order valence-electron chi connectivity index (χ2n) is 4.25. The van der Waals surface area contributed by atoms with Gasteiger partial charge in [-0.3, -0.25) is 4.57 Å². The predicted molar refractivity (Wildman–Crippen MR) is 90.4 cm³/mol. The number of ether oxygens (including phenoxy) is 1. The van der Waals surface area contributed by atoms with E-state index in [0.717, 1.165) is 31.4 Å². The molecule has 0 fully saturated rings. The van der Waals surface area contributed by atoms with E-state index < -0.39 is 0 Å². The Kier molecular flexibility index (Phi) is 3.70. The van der Waals surface area contributed by atoms with Crippen molar-refractivity contribution < 1.29 is 4.74 Å². The van der Waals surface area contributed by atoms with Crippen LogP contribution in [0.5, 0.6) is 5.75 Å². The number of fused-ring (bicyclic) bond motifs is 1. The Balaban J connectivity index is 2.31. The van der Waals surface area contributed by atoms with Gasteiger partial charge in [0.25, 0.3) is 0 Å². The number of hydrogen-bond acceptors (Lipinski definition) is 2. The zero-order valence-electron chi connectivity index (χ0n) is 10.5. The van der Waals surface area contributed by atoms with Gasteiger partial charge in [-0.15, -0.1) is 0 Å². The van der Waals surface area contributed by atoms with E-state index in [4.69, 9.17) is 17.0 Å². The van der Waals surface area contributed by atoms with Crippen LogP contribution in [0.1, 0.15) is 0 Å². The molecule has 0 aliphatic heterocycles. The smallest absolute Gasteiger partial charge is 0.182 e. The first-order valence-electron chi connectivity index (χ1n) is 5.84. The maximum absolute atomic E-state index is 5.43. The highest BCUT2D eigenvalue weighted by Crippen LogP contribution is 2.29. The van der Waals surface area contributed by atoms with Gasteiger partial charge >= 0.3 is 0 Å². The van der Waals surface area contributed by atoms with Crippen LogP contribution in [0.2, 0.25) is 0 Å². The third-order valence-corrected chi connectivity index (χ3v) is 4.47. The summed E-state index contributed by atoms with van der Waals surface area (Å²) in [5.41, 5.74) is 2.98. The normalized spacial score (nSPS) is 10.9. The predicted octanol–water partition coefficient (Wildman–Crippen LogP) is 5.22. The Labute approximate surface area is 137 Å². The maximum atomic E-state index is 5.43. The van der Waals surface area contributed by atoms with E-state index in [1.54, 1.807) is 7.11 Å². The standard InChI is InChI=1S/C14H10Br2N2OS/c1-19-13-7-9(3-4-10(13)16)18-12-6-8(15)2-5-11(12)17-14(18)20/h2-7H,1H3,(H,17,20). The van der Waals surface area contributed by atoms with Crippen molar-refractivity contribution in [2.75, 3.05) is 7.11 Å². The summed E-state index contributed by atoms with van der Waals surface area (Å²) in [5, 5.41) is 0. The third-order valence-electron chi connectivity index (χ3n) is 3.04. The fourth-order valence-corrected chi connectivity index (χ4v) is 3.19. The Morgan fingerprint density at radius 3 is 2.70 bits per heavy atom. The van der Waals surface area contributed by atoms with Crippen LogP contribution in [0.25, 0.3) is 16.7 Å². The summed E-state index contributed by atoms with van der Waals surface area (Å²) >= 11 is 12.4. The monoisotopic (exact) mass is 412 g/mol. The van der Waals surface area contributed by atoms with E-state index in [0.29, 0.717) is 4.77 Å². The number of nitrogens with zero attached hydrogens (tertiary/aromatic N) is 1. The van der Waals surface area contributed by atoms with Crippen molar-refractivity contribution >= 4 is 55.1 Å². The first kappa shape index (κ1) is 13.9. The minimum absolute atomic E-state index is 0.655. The highest BCUT2D eigenvalue weighted by atomic mass is 79.9. The van der Waals surface area contributed by atoms with Gasteiger partial charge in [0, 0.05) is 10.5 Å². The SMILES string of the molecule is COc1cc(-n2c(=S)[nH]c3ccc(Br)cc32)ccc1Br. The molecule has 1 heterocycles. The lowest BCUT2D eigenvalue weighted by molar-refractivity contribution is 0.412. The number of methoxy groups -OCH3 is 1. The highest BCUT2D eigenvalue weighted by molar-refractivity contribution is 9.10. The molecule has 0 aliphatic carbocycles. The molecule has 3 nitrogen and oxygen atoms in total. The average Bonchev–Trinajstić information content (AvgIpc) is 2.75. The van der Waals surface area contributed by atoms with Gasteiger partial charge in [0.2, 0.25) is 0 Å². The molecule has 0 saturated carbocycles. The summed E-state index contributed by atoms with van der Waals surface area (Å²) in [5.74, 6) is 0.772. The summed E-state index contributed by atoms with van der Waals surface area (Å²) in [6, 6.07) is 11.9. The van der Waals surface area contributed by atoms with Gasteiger partial charge in [-0.05, 0) is 58.5 Å². The quantitative estimate of drug-likeness (QED) is 0.583. The van der Waals surface area contributed by atoms with Crippen LogP contribution in [0, 0.1) is 4.77 Å². The number of benzene rings is 2. The summed E-state index contributed by atoms with van der Waals surface area (Å²) < 4.78 is 9.92. The van der Waals surface area contributed by atoms with Gasteiger partial charge in [-0.25, -0.2) is 0 Å². The molecule has 2 aromatic carbocycles. The summed E-state index contributed by atoms with van der Waals surface area (Å²) in [4.78, 5) is 3.21. The Morgan fingerprint density at radius 1 is 1.15 bits per heavy atom.